The third-order valence-corrected chi connectivity index (χ3v) is 7.21. The Kier molecular flexibility index (Phi) is 13.7. The molecule has 1 fully saturated rings. The Morgan fingerprint density at radius 3 is 2.17 bits per heavy atom. The Hall–Kier alpha value is -3.02. The maximum absolute atomic E-state index is 8.56. The number of rotatable bonds is 5. The van der Waals surface area contributed by atoms with E-state index in [-0.39, 0.29) is 32.3 Å². The average molecular weight is 741 g/mol. The van der Waals surface area contributed by atoms with E-state index in [1.165, 1.54) is 48.6 Å². The van der Waals surface area contributed by atoms with Gasteiger partial charge in [-0.3, -0.25) is 0 Å². The summed E-state index contributed by atoms with van der Waals surface area (Å²) in [6, 6.07) is 33.0. The summed E-state index contributed by atoms with van der Waals surface area (Å²) in [5.41, 5.74) is 4.64. The first kappa shape index (κ1) is 33.5. The zero-order chi connectivity index (χ0) is 29.0. The van der Waals surface area contributed by atoms with E-state index in [9.17, 15) is 0 Å². The van der Waals surface area contributed by atoms with Crippen molar-refractivity contribution in [1.82, 2.24) is 9.88 Å². The molecule has 4 aromatic rings. The summed E-state index contributed by atoms with van der Waals surface area (Å²) in [5.74, 6) is 0.716. The second-order valence-corrected chi connectivity index (χ2v) is 10.9. The third kappa shape index (κ3) is 9.78. The SMILES string of the molecule is CC(O)CC(C)O.CN1C=C(C2CCCCC2)N(c2[c-]cccc2)[CH-]1.[Ir+3].[c-]1ccccc1-c1nccc2ccccc12. The van der Waals surface area contributed by atoms with E-state index in [1.54, 1.807) is 13.8 Å². The summed E-state index contributed by atoms with van der Waals surface area (Å²) in [7, 11) is 2.10. The number of nitrogens with zero attached hydrogens (tertiary/aromatic N) is 3. The van der Waals surface area contributed by atoms with Gasteiger partial charge in [-0.05, 0) is 74.8 Å². The van der Waals surface area contributed by atoms with Gasteiger partial charge in [-0.1, -0.05) is 43.5 Å². The van der Waals surface area contributed by atoms with Crippen molar-refractivity contribution < 1.29 is 30.3 Å². The van der Waals surface area contributed by atoms with Crippen LogP contribution < -0.4 is 4.90 Å². The molecule has 2 heterocycles. The molecule has 6 rings (SSSR count). The quantitative estimate of drug-likeness (QED) is 0.207. The first-order valence-electron chi connectivity index (χ1n) is 14.6. The van der Waals surface area contributed by atoms with Crippen LogP contribution in [0.15, 0.2) is 97.0 Å². The summed E-state index contributed by atoms with van der Waals surface area (Å²) in [5, 5.41) is 19.5. The van der Waals surface area contributed by atoms with Crippen LogP contribution in [0.25, 0.3) is 22.0 Å². The van der Waals surface area contributed by atoms with Gasteiger partial charge < -0.3 is 25.0 Å². The molecule has 1 aromatic heterocycles. The van der Waals surface area contributed by atoms with E-state index in [1.807, 2.05) is 60.8 Å². The van der Waals surface area contributed by atoms with Gasteiger partial charge in [0.1, 0.15) is 0 Å². The second-order valence-electron chi connectivity index (χ2n) is 10.9. The van der Waals surface area contributed by atoms with Crippen molar-refractivity contribution in [2.75, 3.05) is 11.9 Å². The number of fused-ring (bicyclic) bond motifs is 1. The number of allylic oxidation sites excluding steroid dienone is 1. The predicted molar refractivity (Wildman–Crippen MR) is 168 cm³/mol. The average Bonchev–Trinajstić information content (AvgIpc) is 3.40. The molecule has 0 amide bonds. The van der Waals surface area contributed by atoms with Crippen molar-refractivity contribution in [2.45, 2.75) is 64.6 Å². The summed E-state index contributed by atoms with van der Waals surface area (Å²) in [6.45, 7) is 5.48. The van der Waals surface area contributed by atoms with Crippen LogP contribution in [0, 0.1) is 24.7 Å². The molecular formula is C36H42IrN3O2. The van der Waals surface area contributed by atoms with Gasteiger partial charge in [0.25, 0.3) is 0 Å². The van der Waals surface area contributed by atoms with E-state index in [4.69, 9.17) is 10.2 Å². The zero-order valence-corrected chi connectivity index (χ0v) is 27.2. The Morgan fingerprint density at radius 2 is 1.55 bits per heavy atom. The third-order valence-electron chi connectivity index (χ3n) is 7.21. The smallest absolute Gasteiger partial charge is 0.510 e. The minimum absolute atomic E-state index is 0. The molecule has 0 saturated heterocycles. The largest absolute Gasteiger partial charge is 3.00 e. The standard InChI is InChI=1S/C16H20N2.C15H10N.C5H12O2.Ir/c1-17-12-16(14-8-4-2-5-9-14)18(13-17)15-10-6-3-7-11-15;1-2-7-13(8-3-1)15-14-9-5-4-6-12(14)10-11-16-15;1-4(6)3-5(2)7;/h3,6-7,10,12-14H,2,4-5,8-9H2,1H3;1-7,9-11H;4-7H,3H2,1-2H3;/q-2;-1;;+3. The maximum atomic E-state index is 8.56. The second kappa shape index (κ2) is 17.2. The molecule has 2 aliphatic rings. The van der Waals surface area contributed by atoms with Crippen molar-refractivity contribution in [1.29, 1.82) is 0 Å². The molecule has 42 heavy (non-hydrogen) atoms. The molecule has 0 bridgehead atoms. The van der Waals surface area contributed by atoms with Crippen LogP contribution in [-0.4, -0.2) is 39.4 Å². The number of pyridine rings is 1. The molecule has 1 aliphatic carbocycles. The van der Waals surface area contributed by atoms with E-state index in [2.05, 4.69) is 71.1 Å². The van der Waals surface area contributed by atoms with Gasteiger partial charge in [0.05, 0.1) is 12.2 Å². The number of hydrogen-bond acceptors (Lipinski definition) is 5. The minimum Gasteiger partial charge on any atom is -0.510 e. The summed E-state index contributed by atoms with van der Waals surface area (Å²) < 4.78 is 0. The van der Waals surface area contributed by atoms with Crippen LogP contribution in [0.3, 0.4) is 0 Å². The van der Waals surface area contributed by atoms with Crippen molar-refractivity contribution in [2.24, 2.45) is 5.92 Å². The monoisotopic (exact) mass is 741 g/mol. The molecule has 2 N–H and O–H groups in total. The molecule has 2 atom stereocenters. The van der Waals surface area contributed by atoms with Crippen molar-refractivity contribution in [3.05, 3.63) is 116 Å². The first-order valence-corrected chi connectivity index (χ1v) is 14.6. The number of hydrogen-bond donors (Lipinski definition) is 2. The number of aliphatic hydroxyl groups excluding tert-OH is 2. The number of aliphatic hydroxyl groups is 2. The molecule has 222 valence electrons. The number of benzene rings is 3. The zero-order valence-electron chi connectivity index (χ0n) is 24.8. The van der Waals surface area contributed by atoms with Crippen LogP contribution in [0.4, 0.5) is 5.69 Å². The first-order chi connectivity index (χ1) is 19.9. The van der Waals surface area contributed by atoms with Gasteiger partial charge in [0.2, 0.25) is 0 Å². The van der Waals surface area contributed by atoms with Gasteiger partial charge in [-0.2, -0.15) is 37.0 Å². The Balaban J connectivity index is 0.000000187. The maximum Gasteiger partial charge on any atom is 3.00 e. The Morgan fingerprint density at radius 1 is 0.881 bits per heavy atom. The Labute approximate surface area is 265 Å². The van der Waals surface area contributed by atoms with E-state index in [0.717, 1.165) is 16.9 Å². The number of aromatic nitrogens is 1. The summed E-state index contributed by atoms with van der Waals surface area (Å²) in [6.07, 6.45) is 10.7. The predicted octanol–water partition coefficient (Wildman–Crippen LogP) is 7.62. The molecule has 1 saturated carbocycles. The van der Waals surface area contributed by atoms with Crippen LogP contribution in [-0.2, 0) is 20.1 Å². The van der Waals surface area contributed by atoms with E-state index >= 15 is 0 Å². The van der Waals surface area contributed by atoms with Gasteiger partial charge in [0.15, 0.2) is 0 Å². The van der Waals surface area contributed by atoms with Gasteiger partial charge in [-0.15, -0.1) is 41.6 Å². The fourth-order valence-corrected chi connectivity index (χ4v) is 5.36. The molecule has 0 spiro atoms. The van der Waals surface area contributed by atoms with Crippen molar-refractivity contribution in [3.63, 3.8) is 0 Å². The van der Waals surface area contributed by atoms with E-state index < -0.39 is 0 Å². The molecule has 6 heteroatoms. The van der Waals surface area contributed by atoms with Crippen LogP contribution in [0.1, 0.15) is 52.4 Å². The fraction of sp³-hybridized carbons (Fsp3) is 0.333. The van der Waals surface area contributed by atoms with Crippen LogP contribution in [0.2, 0.25) is 0 Å². The minimum atomic E-state index is -0.375. The molecule has 0 radical (unpaired) electrons. The molecule has 5 nitrogen and oxygen atoms in total. The van der Waals surface area contributed by atoms with Crippen LogP contribution in [0.5, 0.6) is 0 Å². The fourth-order valence-electron chi connectivity index (χ4n) is 5.36. The topological polar surface area (TPSA) is 59.8 Å². The summed E-state index contributed by atoms with van der Waals surface area (Å²) >= 11 is 0. The van der Waals surface area contributed by atoms with Gasteiger partial charge >= 0.3 is 20.1 Å². The van der Waals surface area contributed by atoms with Gasteiger partial charge in [0, 0.05) is 11.9 Å². The molecule has 2 unspecified atom stereocenters. The number of para-hydroxylation sites is 1. The Bertz CT molecular complexity index is 1340. The van der Waals surface area contributed by atoms with E-state index in [0.29, 0.717) is 12.3 Å². The van der Waals surface area contributed by atoms with Crippen LogP contribution >= 0.6 is 0 Å². The molecular weight excluding hydrogens is 699 g/mol. The van der Waals surface area contributed by atoms with Crippen molar-refractivity contribution >= 4 is 16.5 Å². The van der Waals surface area contributed by atoms with Crippen molar-refractivity contribution in [3.8, 4) is 11.3 Å². The molecule has 1 aliphatic heterocycles. The number of anilines is 1. The van der Waals surface area contributed by atoms with Gasteiger partial charge in [-0.25, -0.2) is 0 Å². The summed E-state index contributed by atoms with van der Waals surface area (Å²) in [4.78, 5) is 8.90. The molecule has 3 aromatic carbocycles. The normalized spacial score (nSPS) is 16.3.